The quantitative estimate of drug-likeness (QED) is 0.821. The highest BCUT2D eigenvalue weighted by Gasteiger charge is 2.43. The lowest BCUT2D eigenvalue weighted by atomic mass is 9.98. The van der Waals surface area contributed by atoms with Gasteiger partial charge in [-0.1, -0.05) is 6.42 Å². The van der Waals surface area contributed by atoms with Gasteiger partial charge in [0.2, 0.25) is 0 Å². The molecule has 2 aliphatic rings. The Hall–Kier alpha value is -2.50. The van der Waals surface area contributed by atoms with E-state index in [1.807, 2.05) is 0 Å². The minimum Gasteiger partial charge on any atom is -0.466 e. The number of anilines is 1. The number of hydrogen-bond donors (Lipinski definition) is 2. The van der Waals surface area contributed by atoms with Crippen molar-refractivity contribution in [1.82, 2.24) is 9.71 Å². The summed E-state index contributed by atoms with van der Waals surface area (Å²) in [5.41, 5.74) is 5.96. The largest absolute Gasteiger partial charge is 0.493 e. The first kappa shape index (κ1) is 18.3. The van der Waals surface area contributed by atoms with Crippen LogP contribution in [0.4, 0.5) is 19.0 Å². The Balaban J connectivity index is 1.83. The summed E-state index contributed by atoms with van der Waals surface area (Å²) in [7, 11) is 1.16. The van der Waals surface area contributed by atoms with Gasteiger partial charge in [-0.2, -0.15) is 18.2 Å². The van der Waals surface area contributed by atoms with Gasteiger partial charge in [0.1, 0.15) is 18.0 Å². The van der Waals surface area contributed by atoms with E-state index in [0.29, 0.717) is 4.73 Å². The molecule has 12 heteroatoms. The van der Waals surface area contributed by atoms with Gasteiger partial charge < -0.3 is 20.0 Å². The molecule has 26 heavy (non-hydrogen) atoms. The van der Waals surface area contributed by atoms with E-state index in [-0.39, 0.29) is 29.6 Å². The number of carbonyl (C=O) groups is 1. The molecule has 9 nitrogen and oxygen atoms in total. The van der Waals surface area contributed by atoms with Crippen LogP contribution in [0.3, 0.4) is 0 Å². The zero-order valence-electron chi connectivity index (χ0n) is 13.9. The average Bonchev–Trinajstić information content (AvgIpc) is 2.93. The number of ether oxygens (including phenoxy) is 2. The number of alkyl halides is 3. The van der Waals surface area contributed by atoms with Gasteiger partial charge in [-0.15, -0.1) is 4.73 Å². The molecule has 144 valence electrons. The van der Waals surface area contributed by atoms with E-state index in [1.54, 1.807) is 0 Å². The number of carbonyl (C=O) groups excluding carboxylic acids is 1. The molecule has 0 spiro atoms. The number of hydrogen-bond acceptors (Lipinski definition) is 8. The second-order valence-electron chi connectivity index (χ2n) is 5.89. The number of halogens is 3. The van der Waals surface area contributed by atoms with Crippen LogP contribution < -0.4 is 20.6 Å². The highest BCUT2D eigenvalue weighted by Crippen LogP contribution is 2.32. The van der Waals surface area contributed by atoms with E-state index in [9.17, 15) is 18.0 Å². The maximum absolute atomic E-state index is 12.5. The highest BCUT2D eigenvalue weighted by molar-refractivity contribution is 5.91. The van der Waals surface area contributed by atoms with Gasteiger partial charge in [-0.25, -0.2) is 9.79 Å². The van der Waals surface area contributed by atoms with Crippen LogP contribution in [0.1, 0.15) is 44.0 Å². The lowest BCUT2D eigenvalue weighted by molar-refractivity contribution is -0.200. The van der Waals surface area contributed by atoms with Gasteiger partial charge in [-0.05, 0) is 25.7 Å². The van der Waals surface area contributed by atoms with Crippen LogP contribution in [0.5, 0.6) is 6.01 Å². The molecule has 1 unspecified atom stereocenters. The molecule has 1 saturated carbocycles. The minimum atomic E-state index is -5.19. The normalized spacial score (nSPS) is 20.7. The van der Waals surface area contributed by atoms with Crippen LogP contribution in [0.2, 0.25) is 0 Å². The average molecular weight is 377 g/mol. The van der Waals surface area contributed by atoms with E-state index >= 15 is 0 Å². The number of nitrogens with zero attached hydrogens (tertiary/aromatic N) is 3. The maximum atomic E-state index is 12.5. The van der Waals surface area contributed by atoms with Gasteiger partial charge in [0.25, 0.3) is 6.02 Å². The third-order valence-corrected chi connectivity index (χ3v) is 4.02. The van der Waals surface area contributed by atoms with E-state index < -0.39 is 18.3 Å². The molecule has 0 saturated heterocycles. The van der Waals surface area contributed by atoms with E-state index in [4.69, 9.17) is 15.2 Å². The van der Waals surface area contributed by atoms with Crippen molar-refractivity contribution in [1.29, 1.82) is 0 Å². The van der Waals surface area contributed by atoms with Crippen molar-refractivity contribution in [2.24, 2.45) is 10.7 Å². The molecule has 3 N–H and O–H groups in total. The Kier molecular flexibility index (Phi) is 4.94. The zero-order valence-corrected chi connectivity index (χ0v) is 13.9. The number of aliphatic imine (C=N–C) groups is 1. The molecule has 2 heterocycles. The Morgan fingerprint density at radius 2 is 2.00 bits per heavy atom. The van der Waals surface area contributed by atoms with E-state index in [2.05, 4.69) is 20.1 Å². The van der Waals surface area contributed by atoms with E-state index in [0.717, 1.165) is 39.2 Å². The van der Waals surface area contributed by atoms with Gasteiger partial charge >= 0.3 is 18.2 Å². The SMILES string of the molecule is COc1nc2c(n1OC(=O)C(F)(F)F)NC(OC1CCCCC1)=NC2N. The number of nitrogens with two attached hydrogens (primary N) is 1. The van der Waals surface area contributed by atoms with Crippen molar-refractivity contribution in [3.8, 4) is 6.01 Å². The van der Waals surface area contributed by atoms with Gasteiger partial charge in [0, 0.05) is 0 Å². The van der Waals surface area contributed by atoms with Crippen LogP contribution in [0.15, 0.2) is 4.99 Å². The first-order valence-corrected chi connectivity index (χ1v) is 8.02. The standard InChI is InChI=1S/C14H18F3N5O4/c1-24-13-19-8-9(18)20-12(25-7-5-3-2-4-6-7)21-10(8)22(13)26-11(23)14(15,16)17/h7,9H,2-6,18H2,1H3,(H,20,21). The van der Waals surface area contributed by atoms with E-state index in [1.165, 1.54) is 0 Å². The fourth-order valence-electron chi connectivity index (χ4n) is 2.79. The number of imidazole rings is 1. The summed E-state index contributed by atoms with van der Waals surface area (Å²) in [4.78, 5) is 23.6. The molecule has 1 aromatic heterocycles. The summed E-state index contributed by atoms with van der Waals surface area (Å²) >= 11 is 0. The van der Waals surface area contributed by atoms with Crippen molar-refractivity contribution < 1.29 is 32.3 Å². The highest BCUT2D eigenvalue weighted by atomic mass is 19.4. The van der Waals surface area contributed by atoms with Crippen molar-refractivity contribution in [3.05, 3.63) is 5.69 Å². The molecule has 0 radical (unpaired) electrons. The number of methoxy groups -OCH3 is 1. The van der Waals surface area contributed by atoms with Gasteiger partial charge in [0.15, 0.2) is 5.82 Å². The Morgan fingerprint density at radius 3 is 2.62 bits per heavy atom. The summed E-state index contributed by atoms with van der Waals surface area (Å²) in [6, 6.07) is -0.353. The Bertz CT molecular complexity index is 712. The molecular weight excluding hydrogens is 359 g/mol. The fraction of sp³-hybridized carbons (Fsp3) is 0.643. The summed E-state index contributed by atoms with van der Waals surface area (Å²) in [6.45, 7) is 0. The third kappa shape index (κ3) is 3.69. The molecule has 0 aromatic carbocycles. The number of fused-ring (bicyclic) bond motifs is 1. The molecule has 0 bridgehead atoms. The topological polar surface area (TPSA) is 113 Å². The summed E-state index contributed by atoms with van der Waals surface area (Å²) in [5.74, 6) is -2.53. The van der Waals surface area contributed by atoms with Crippen molar-refractivity contribution in [2.45, 2.75) is 50.6 Å². The molecule has 1 aliphatic heterocycles. The lowest BCUT2D eigenvalue weighted by Gasteiger charge is -2.26. The second kappa shape index (κ2) is 7.02. The predicted molar refractivity (Wildman–Crippen MR) is 82.4 cm³/mol. The molecule has 1 atom stereocenters. The summed E-state index contributed by atoms with van der Waals surface area (Å²) in [5, 5.41) is 2.68. The third-order valence-electron chi connectivity index (χ3n) is 4.02. The number of aromatic nitrogens is 2. The number of nitrogens with one attached hydrogen (secondary N) is 1. The van der Waals surface area contributed by atoms with Crippen LogP contribution >= 0.6 is 0 Å². The maximum Gasteiger partial charge on any atom is 0.493 e. The first-order chi connectivity index (χ1) is 12.3. The molecule has 1 aliphatic carbocycles. The number of amidine groups is 1. The monoisotopic (exact) mass is 377 g/mol. The fourth-order valence-corrected chi connectivity index (χ4v) is 2.79. The van der Waals surface area contributed by atoms with Gasteiger partial charge in [-0.3, -0.25) is 5.32 Å². The minimum absolute atomic E-state index is 0.0313. The Labute approximate surface area is 146 Å². The molecule has 3 rings (SSSR count). The Morgan fingerprint density at radius 1 is 1.31 bits per heavy atom. The van der Waals surface area contributed by atoms with Crippen molar-refractivity contribution in [2.75, 3.05) is 12.4 Å². The zero-order chi connectivity index (χ0) is 18.9. The second-order valence-corrected chi connectivity index (χ2v) is 5.89. The van der Waals surface area contributed by atoms with Gasteiger partial charge in [0.05, 0.1) is 7.11 Å². The molecular formula is C14H18F3N5O4. The van der Waals surface area contributed by atoms with Crippen LogP contribution in [-0.4, -0.2) is 41.1 Å². The molecule has 1 fully saturated rings. The lowest BCUT2D eigenvalue weighted by Crippen LogP contribution is -2.36. The van der Waals surface area contributed by atoms with Crippen LogP contribution in [0.25, 0.3) is 0 Å². The van der Waals surface area contributed by atoms with Crippen molar-refractivity contribution in [3.63, 3.8) is 0 Å². The molecule has 0 amide bonds. The predicted octanol–water partition coefficient (Wildman–Crippen LogP) is 1.50. The van der Waals surface area contributed by atoms with Crippen molar-refractivity contribution >= 4 is 17.8 Å². The summed E-state index contributed by atoms with van der Waals surface area (Å²) in [6.07, 6.45) is -1.42. The first-order valence-electron chi connectivity index (χ1n) is 8.02. The van der Waals surface area contributed by atoms with Crippen LogP contribution in [-0.2, 0) is 9.53 Å². The number of rotatable bonds is 3. The van der Waals surface area contributed by atoms with Crippen LogP contribution in [0, 0.1) is 0 Å². The smallest absolute Gasteiger partial charge is 0.466 e. The molecule has 1 aromatic rings. The summed E-state index contributed by atoms with van der Waals surface area (Å²) < 4.78 is 48.7.